The van der Waals surface area contributed by atoms with Gasteiger partial charge in [-0.15, -0.1) is 12.4 Å². The molecule has 0 amide bonds. The Labute approximate surface area is 107 Å². The molecule has 1 aromatic rings. The summed E-state index contributed by atoms with van der Waals surface area (Å²) in [5, 5.41) is 8.93. The zero-order chi connectivity index (χ0) is 12.3. The molecule has 0 fully saturated rings. The van der Waals surface area contributed by atoms with Crippen LogP contribution in [-0.4, -0.2) is 35.8 Å². The monoisotopic (exact) mass is 262 g/mol. The maximum atomic E-state index is 11.6. The van der Waals surface area contributed by atoms with Crippen LogP contribution in [-0.2, 0) is 11.2 Å². The van der Waals surface area contributed by atoms with Gasteiger partial charge in [-0.25, -0.2) is 4.79 Å². The molecule has 1 atom stereocenters. The largest absolute Gasteiger partial charge is 0.465 e. The van der Waals surface area contributed by atoms with Crippen LogP contribution < -0.4 is 5.73 Å². The number of nitrogens with one attached hydrogen (secondary N) is 1. The molecule has 0 aromatic carbocycles. The Bertz CT molecular complexity index is 390. The number of rotatable bonds is 4. The van der Waals surface area contributed by atoms with Gasteiger partial charge in [0, 0.05) is 17.4 Å². The number of aliphatic hydroxyl groups excluding tert-OH is 1. The normalized spacial score (nSPS) is 11.8. The van der Waals surface area contributed by atoms with Crippen LogP contribution in [0.3, 0.4) is 0 Å². The highest BCUT2D eigenvalue weighted by molar-refractivity contribution is 5.92. The van der Waals surface area contributed by atoms with Gasteiger partial charge in [-0.3, -0.25) is 0 Å². The number of ether oxygens (including phenoxy) is 1. The second-order valence-electron chi connectivity index (χ2n) is 3.87. The minimum Gasteiger partial charge on any atom is -0.465 e. The van der Waals surface area contributed by atoms with Crippen molar-refractivity contribution in [1.29, 1.82) is 0 Å². The number of carbonyl (C=O) groups is 1. The van der Waals surface area contributed by atoms with Crippen LogP contribution in [0, 0.1) is 13.8 Å². The van der Waals surface area contributed by atoms with Gasteiger partial charge in [-0.2, -0.15) is 0 Å². The van der Waals surface area contributed by atoms with Crippen LogP contribution in [0.1, 0.15) is 27.3 Å². The Balaban J connectivity index is 0.00000256. The van der Waals surface area contributed by atoms with Crippen LogP contribution in [0.2, 0.25) is 0 Å². The summed E-state index contributed by atoms with van der Waals surface area (Å²) in [4.78, 5) is 14.7. The van der Waals surface area contributed by atoms with Crippen molar-refractivity contribution >= 4 is 18.4 Å². The molecule has 0 bridgehead atoms. The Morgan fingerprint density at radius 1 is 1.47 bits per heavy atom. The summed E-state index contributed by atoms with van der Waals surface area (Å²) >= 11 is 0. The number of carbonyl (C=O) groups excluding carboxylic acids is 1. The fourth-order valence-electron chi connectivity index (χ4n) is 1.79. The first-order chi connectivity index (χ1) is 7.51. The number of hydrogen-bond donors (Lipinski definition) is 3. The van der Waals surface area contributed by atoms with Crippen molar-refractivity contribution in [2.24, 2.45) is 5.73 Å². The Morgan fingerprint density at radius 2 is 2.06 bits per heavy atom. The first-order valence-electron chi connectivity index (χ1n) is 5.14. The number of aromatic amines is 1. The minimum absolute atomic E-state index is 0. The molecule has 1 unspecified atom stereocenters. The van der Waals surface area contributed by atoms with Crippen LogP contribution in [0.25, 0.3) is 0 Å². The topological polar surface area (TPSA) is 88.3 Å². The van der Waals surface area contributed by atoms with Gasteiger partial charge in [-0.1, -0.05) is 0 Å². The van der Waals surface area contributed by atoms with Crippen LogP contribution in [0.5, 0.6) is 0 Å². The minimum atomic E-state index is -0.373. The molecule has 0 saturated carbocycles. The average molecular weight is 263 g/mol. The van der Waals surface area contributed by atoms with Gasteiger partial charge in [0.15, 0.2) is 0 Å². The zero-order valence-electron chi connectivity index (χ0n) is 10.2. The van der Waals surface area contributed by atoms with Crippen molar-refractivity contribution in [2.75, 3.05) is 13.7 Å². The molecular formula is C11H19ClN2O3. The third-order valence-corrected chi connectivity index (χ3v) is 2.59. The first kappa shape index (κ1) is 16.0. The molecule has 98 valence electrons. The van der Waals surface area contributed by atoms with Crippen LogP contribution in [0.15, 0.2) is 0 Å². The van der Waals surface area contributed by atoms with E-state index in [1.165, 1.54) is 7.11 Å². The lowest BCUT2D eigenvalue weighted by atomic mass is 10.0. The zero-order valence-corrected chi connectivity index (χ0v) is 11.1. The SMILES string of the molecule is COC(=O)c1c(C)[nH]c(C)c1CC(N)CO.Cl. The fourth-order valence-corrected chi connectivity index (χ4v) is 1.79. The molecule has 1 heterocycles. The third-order valence-electron chi connectivity index (χ3n) is 2.59. The number of esters is 1. The van der Waals surface area contributed by atoms with Gasteiger partial charge in [0.05, 0.1) is 19.3 Å². The van der Waals surface area contributed by atoms with Gasteiger partial charge in [0.1, 0.15) is 0 Å². The highest BCUT2D eigenvalue weighted by atomic mass is 35.5. The van der Waals surface area contributed by atoms with Crippen molar-refractivity contribution in [3.05, 3.63) is 22.5 Å². The lowest BCUT2D eigenvalue weighted by Crippen LogP contribution is -2.27. The molecule has 0 saturated heterocycles. The van der Waals surface area contributed by atoms with E-state index in [-0.39, 0.29) is 31.0 Å². The van der Waals surface area contributed by atoms with Gasteiger partial charge < -0.3 is 20.6 Å². The van der Waals surface area contributed by atoms with E-state index < -0.39 is 0 Å². The second-order valence-corrected chi connectivity index (χ2v) is 3.87. The predicted molar refractivity (Wildman–Crippen MR) is 67.6 cm³/mol. The molecule has 0 aliphatic heterocycles. The van der Waals surface area contributed by atoms with Gasteiger partial charge in [-0.05, 0) is 25.8 Å². The third kappa shape index (κ3) is 3.46. The van der Waals surface area contributed by atoms with E-state index in [2.05, 4.69) is 4.98 Å². The number of nitrogens with two attached hydrogens (primary N) is 1. The van der Waals surface area contributed by atoms with Gasteiger partial charge >= 0.3 is 5.97 Å². The predicted octanol–water partition coefficient (Wildman–Crippen LogP) is 0.702. The van der Waals surface area contributed by atoms with E-state index in [1.807, 2.05) is 13.8 Å². The molecule has 17 heavy (non-hydrogen) atoms. The molecule has 1 aromatic heterocycles. The van der Waals surface area contributed by atoms with Gasteiger partial charge in [0.2, 0.25) is 0 Å². The molecule has 0 aliphatic carbocycles. The summed E-state index contributed by atoms with van der Waals surface area (Å²) in [7, 11) is 1.35. The Hall–Kier alpha value is -1.04. The molecular weight excluding hydrogens is 244 g/mol. The van der Waals surface area contributed by atoms with Gasteiger partial charge in [0.25, 0.3) is 0 Å². The Morgan fingerprint density at radius 3 is 2.53 bits per heavy atom. The van der Waals surface area contributed by atoms with Crippen molar-refractivity contribution in [2.45, 2.75) is 26.3 Å². The van der Waals surface area contributed by atoms with Crippen molar-refractivity contribution in [3.63, 3.8) is 0 Å². The standard InChI is InChI=1S/C11H18N2O3.ClH/c1-6-9(4-8(12)5-14)10(7(2)13-6)11(15)16-3;/h8,13-14H,4-5,12H2,1-3H3;1H. The van der Waals surface area contributed by atoms with Crippen molar-refractivity contribution in [1.82, 2.24) is 4.98 Å². The number of halogens is 1. The number of aliphatic hydroxyl groups is 1. The van der Waals surface area contributed by atoms with Crippen molar-refractivity contribution in [3.8, 4) is 0 Å². The van der Waals surface area contributed by atoms with Crippen LogP contribution >= 0.6 is 12.4 Å². The molecule has 6 heteroatoms. The van der Waals surface area contributed by atoms with E-state index in [4.69, 9.17) is 15.6 Å². The highest BCUT2D eigenvalue weighted by Gasteiger charge is 2.21. The van der Waals surface area contributed by atoms with Crippen LogP contribution in [0.4, 0.5) is 0 Å². The number of H-pyrrole nitrogens is 1. The fraction of sp³-hybridized carbons (Fsp3) is 0.545. The highest BCUT2D eigenvalue weighted by Crippen LogP contribution is 2.20. The lowest BCUT2D eigenvalue weighted by molar-refractivity contribution is 0.0598. The van der Waals surface area contributed by atoms with E-state index in [9.17, 15) is 4.79 Å². The molecule has 5 nitrogen and oxygen atoms in total. The summed E-state index contributed by atoms with van der Waals surface area (Å²) in [6, 6.07) is -0.364. The molecule has 4 N–H and O–H groups in total. The maximum absolute atomic E-state index is 11.6. The second kappa shape index (κ2) is 6.64. The number of methoxy groups -OCH3 is 1. The first-order valence-corrected chi connectivity index (χ1v) is 5.14. The summed E-state index contributed by atoms with van der Waals surface area (Å²) in [6.07, 6.45) is 0.455. The summed E-state index contributed by atoms with van der Waals surface area (Å²) < 4.78 is 4.72. The molecule has 0 aliphatic rings. The smallest absolute Gasteiger partial charge is 0.339 e. The van der Waals surface area contributed by atoms with E-state index in [1.54, 1.807) is 0 Å². The lowest BCUT2D eigenvalue weighted by Gasteiger charge is -2.09. The average Bonchev–Trinajstić information content (AvgIpc) is 2.53. The maximum Gasteiger partial charge on any atom is 0.339 e. The van der Waals surface area contributed by atoms with Crippen molar-refractivity contribution < 1.29 is 14.6 Å². The number of aromatic nitrogens is 1. The van der Waals surface area contributed by atoms with E-state index in [0.29, 0.717) is 12.0 Å². The molecule has 0 spiro atoms. The molecule has 0 radical (unpaired) electrons. The van der Waals surface area contributed by atoms with E-state index >= 15 is 0 Å². The summed E-state index contributed by atoms with van der Waals surface area (Å²) in [5.74, 6) is -0.373. The summed E-state index contributed by atoms with van der Waals surface area (Å²) in [5.41, 5.74) is 8.69. The number of aryl methyl sites for hydroxylation is 2. The van der Waals surface area contributed by atoms with E-state index in [0.717, 1.165) is 17.0 Å². The molecule has 1 rings (SSSR count). The number of hydrogen-bond acceptors (Lipinski definition) is 4. The quantitative estimate of drug-likeness (QED) is 0.697. The summed E-state index contributed by atoms with van der Waals surface area (Å²) in [6.45, 7) is 3.58. The Kier molecular flexibility index (Phi) is 6.23.